The van der Waals surface area contributed by atoms with Gasteiger partial charge in [-0.25, -0.2) is 4.79 Å². The van der Waals surface area contributed by atoms with E-state index in [0.717, 1.165) is 16.7 Å². The minimum absolute atomic E-state index is 0.227. The lowest BCUT2D eigenvalue weighted by Gasteiger charge is -2.54. The van der Waals surface area contributed by atoms with Crippen LogP contribution in [0.1, 0.15) is 66.2 Å². The molecule has 0 radical (unpaired) electrons. The summed E-state index contributed by atoms with van der Waals surface area (Å²) < 4.78 is 0. The van der Waals surface area contributed by atoms with Gasteiger partial charge >= 0.3 is 5.97 Å². The van der Waals surface area contributed by atoms with Crippen molar-refractivity contribution in [3.63, 3.8) is 0 Å². The van der Waals surface area contributed by atoms with Crippen LogP contribution in [0.15, 0.2) is 42.5 Å². The Morgan fingerprint density at radius 2 is 1.61 bits per heavy atom. The molecule has 1 atom stereocenters. The normalized spacial score (nSPS) is 21.7. The first kappa shape index (κ1) is 15.8. The number of benzene rings is 2. The lowest BCUT2D eigenvalue weighted by atomic mass is 9.52. The average molecular weight is 310 g/mol. The molecule has 0 fully saturated rings. The Balaban J connectivity index is 2.13. The van der Waals surface area contributed by atoms with Crippen LogP contribution in [0.2, 0.25) is 0 Å². The van der Waals surface area contributed by atoms with Gasteiger partial charge in [0.15, 0.2) is 0 Å². The molecule has 0 spiro atoms. The maximum atomic E-state index is 11.4. The molecule has 2 aromatic carbocycles. The zero-order valence-electron chi connectivity index (χ0n) is 13.9. The summed E-state index contributed by atoms with van der Waals surface area (Å²) in [6, 6.07) is 12.8. The zero-order valence-corrected chi connectivity index (χ0v) is 13.9. The van der Waals surface area contributed by atoms with E-state index in [4.69, 9.17) is 5.11 Å². The summed E-state index contributed by atoms with van der Waals surface area (Å²) in [5, 5.41) is 20.5. The van der Waals surface area contributed by atoms with E-state index in [1.165, 1.54) is 5.56 Å². The second-order valence-electron chi connectivity index (χ2n) is 7.18. The number of aromatic carboxylic acids is 1. The second-order valence-corrected chi connectivity index (χ2v) is 7.18. The van der Waals surface area contributed by atoms with Gasteiger partial charge in [0.25, 0.3) is 0 Å². The molecule has 3 nitrogen and oxygen atoms in total. The number of carbonyl (C=O) groups is 1. The van der Waals surface area contributed by atoms with Crippen molar-refractivity contribution >= 4 is 5.97 Å². The summed E-state index contributed by atoms with van der Waals surface area (Å²) >= 11 is 0. The minimum atomic E-state index is -1.09. The number of fused-ring (bicyclic) bond motifs is 1. The molecule has 0 saturated heterocycles. The third-order valence-corrected chi connectivity index (χ3v) is 5.23. The fourth-order valence-corrected chi connectivity index (χ4v) is 3.60. The van der Waals surface area contributed by atoms with Crippen molar-refractivity contribution in [1.82, 2.24) is 0 Å². The molecule has 3 heteroatoms. The molecule has 2 N–H and O–H groups in total. The van der Waals surface area contributed by atoms with Crippen molar-refractivity contribution in [2.75, 3.05) is 0 Å². The van der Waals surface area contributed by atoms with Crippen LogP contribution in [0, 0.1) is 0 Å². The maximum Gasteiger partial charge on any atom is 0.335 e. The van der Waals surface area contributed by atoms with E-state index in [2.05, 4.69) is 32.0 Å². The Bertz CT molecular complexity index is 772. The van der Waals surface area contributed by atoms with Gasteiger partial charge in [0.05, 0.1) is 5.56 Å². The van der Waals surface area contributed by atoms with Crippen LogP contribution in [0.4, 0.5) is 0 Å². The third kappa shape index (κ3) is 2.03. The van der Waals surface area contributed by atoms with Gasteiger partial charge in [0.1, 0.15) is 5.60 Å². The monoisotopic (exact) mass is 310 g/mol. The number of hydrogen-bond acceptors (Lipinski definition) is 2. The van der Waals surface area contributed by atoms with Crippen LogP contribution in [0.5, 0.6) is 0 Å². The van der Waals surface area contributed by atoms with Crippen LogP contribution in [-0.2, 0) is 11.0 Å². The Labute approximate surface area is 136 Å². The van der Waals surface area contributed by atoms with Gasteiger partial charge in [-0.15, -0.1) is 0 Å². The molecule has 0 aliphatic heterocycles. The first-order valence-electron chi connectivity index (χ1n) is 7.90. The molecule has 0 bridgehead atoms. The van der Waals surface area contributed by atoms with Crippen molar-refractivity contribution in [3.8, 4) is 0 Å². The first-order valence-corrected chi connectivity index (χ1v) is 7.90. The minimum Gasteiger partial charge on any atom is -0.478 e. The largest absolute Gasteiger partial charge is 0.478 e. The zero-order chi connectivity index (χ0) is 17.0. The molecule has 0 aromatic heterocycles. The molecular formula is C20H22O3. The molecule has 120 valence electrons. The molecule has 0 amide bonds. The van der Waals surface area contributed by atoms with Crippen molar-refractivity contribution in [1.29, 1.82) is 0 Å². The number of rotatable bonds is 3. The summed E-state index contributed by atoms with van der Waals surface area (Å²) in [6.45, 7) is 8.31. The van der Waals surface area contributed by atoms with E-state index < -0.39 is 17.0 Å². The smallest absolute Gasteiger partial charge is 0.335 e. The summed E-state index contributed by atoms with van der Waals surface area (Å²) in [6.07, 6.45) is 0. The highest BCUT2D eigenvalue weighted by molar-refractivity contribution is 5.87. The van der Waals surface area contributed by atoms with Crippen LogP contribution >= 0.6 is 0 Å². The predicted molar refractivity (Wildman–Crippen MR) is 90.0 cm³/mol. The van der Waals surface area contributed by atoms with Crippen molar-refractivity contribution < 1.29 is 15.0 Å². The molecule has 1 aliphatic carbocycles. The molecule has 1 unspecified atom stereocenters. The highest BCUT2D eigenvalue weighted by Gasteiger charge is 2.57. The van der Waals surface area contributed by atoms with Crippen LogP contribution < -0.4 is 0 Å². The van der Waals surface area contributed by atoms with Crippen molar-refractivity contribution in [3.05, 3.63) is 70.3 Å². The summed E-state index contributed by atoms with van der Waals surface area (Å²) in [5.74, 6) is -0.568. The first-order chi connectivity index (χ1) is 10.7. The van der Waals surface area contributed by atoms with Gasteiger partial charge in [-0.2, -0.15) is 0 Å². The third-order valence-electron chi connectivity index (χ3n) is 5.23. The molecular weight excluding hydrogens is 288 g/mol. The van der Waals surface area contributed by atoms with E-state index >= 15 is 0 Å². The Morgan fingerprint density at radius 1 is 1.00 bits per heavy atom. The Morgan fingerprint density at radius 3 is 2.13 bits per heavy atom. The quantitative estimate of drug-likeness (QED) is 0.899. The topological polar surface area (TPSA) is 57.5 Å². The van der Waals surface area contributed by atoms with E-state index in [1.807, 2.05) is 13.8 Å². The van der Waals surface area contributed by atoms with Gasteiger partial charge < -0.3 is 10.2 Å². The molecule has 0 saturated carbocycles. The lowest BCUT2D eigenvalue weighted by Crippen LogP contribution is -2.55. The van der Waals surface area contributed by atoms with Gasteiger partial charge in [0.2, 0.25) is 0 Å². The molecule has 3 rings (SSSR count). The van der Waals surface area contributed by atoms with Gasteiger partial charge in [-0.05, 0) is 40.3 Å². The Kier molecular flexibility index (Phi) is 3.38. The van der Waals surface area contributed by atoms with E-state index in [0.29, 0.717) is 5.92 Å². The molecule has 0 heterocycles. The highest BCUT2D eigenvalue weighted by Crippen LogP contribution is 2.58. The van der Waals surface area contributed by atoms with Gasteiger partial charge in [0, 0.05) is 5.41 Å². The van der Waals surface area contributed by atoms with Gasteiger partial charge in [-0.3, -0.25) is 0 Å². The van der Waals surface area contributed by atoms with Crippen molar-refractivity contribution in [2.24, 2.45) is 0 Å². The number of hydrogen-bond donors (Lipinski definition) is 2. The highest BCUT2D eigenvalue weighted by atomic mass is 16.4. The van der Waals surface area contributed by atoms with E-state index in [1.54, 1.807) is 24.3 Å². The van der Waals surface area contributed by atoms with Crippen LogP contribution in [0.25, 0.3) is 0 Å². The molecule has 1 aliphatic rings. The maximum absolute atomic E-state index is 11.4. The standard InChI is InChI=1S/C20H22O3/c1-12(2)14-7-10-16-17(11-14)20(23,19(16,3)4)15-8-5-13(6-9-15)18(21)22/h5-12,23H,1-4H3,(H,21,22). The number of carboxylic acid groups (broad SMARTS) is 1. The number of aliphatic hydroxyl groups is 1. The fraction of sp³-hybridized carbons (Fsp3) is 0.350. The Hall–Kier alpha value is -2.13. The van der Waals surface area contributed by atoms with Gasteiger partial charge in [-0.1, -0.05) is 58.0 Å². The average Bonchev–Trinajstić information content (AvgIpc) is 2.53. The number of carboxylic acids is 1. The summed E-state index contributed by atoms with van der Waals surface area (Å²) in [4.78, 5) is 11.0. The summed E-state index contributed by atoms with van der Waals surface area (Å²) in [5.41, 5.74) is 2.72. The predicted octanol–water partition coefficient (Wildman–Crippen LogP) is 4.04. The van der Waals surface area contributed by atoms with Crippen LogP contribution in [0.3, 0.4) is 0 Å². The molecule has 23 heavy (non-hydrogen) atoms. The SMILES string of the molecule is CC(C)c1ccc2c(c1)C(O)(c1ccc(C(=O)O)cc1)C2(C)C. The van der Waals surface area contributed by atoms with E-state index in [9.17, 15) is 9.90 Å². The van der Waals surface area contributed by atoms with E-state index in [-0.39, 0.29) is 5.56 Å². The van der Waals surface area contributed by atoms with Crippen LogP contribution in [-0.4, -0.2) is 16.2 Å². The second kappa shape index (κ2) is 4.93. The summed E-state index contributed by atoms with van der Waals surface area (Å²) in [7, 11) is 0. The van der Waals surface area contributed by atoms with Crippen molar-refractivity contribution in [2.45, 2.75) is 44.6 Å². The molecule has 2 aromatic rings. The fourth-order valence-electron chi connectivity index (χ4n) is 3.60. The lowest BCUT2D eigenvalue weighted by molar-refractivity contribution is -0.0242.